The fourth-order valence-corrected chi connectivity index (χ4v) is 2.49. The largest absolute Gasteiger partial charge is 0.321 e. The van der Waals surface area contributed by atoms with E-state index in [4.69, 9.17) is 5.73 Å². The highest BCUT2D eigenvalue weighted by Gasteiger charge is 2.17. The van der Waals surface area contributed by atoms with E-state index in [0.717, 1.165) is 11.3 Å². The summed E-state index contributed by atoms with van der Waals surface area (Å²) in [6.45, 7) is 2.02. The Morgan fingerprint density at radius 2 is 2.07 bits per heavy atom. The highest BCUT2D eigenvalue weighted by molar-refractivity contribution is 8.32. The molecule has 1 aromatic rings. The Hall–Kier alpha value is -0.540. The maximum absolute atomic E-state index is 12.9. The molecule has 0 amide bonds. The van der Waals surface area contributed by atoms with Crippen molar-refractivity contribution in [2.45, 2.75) is 18.1 Å². The van der Waals surface area contributed by atoms with Crippen molar-refractivity contribution >= 4 is 10.0 Å². The fraction of sp³-hybridized carbons (Fsp3) is 0.455. The van der Waals surface area contributed by atoms with Crippen LogP contribution < -0.4 is 5.73 Å². The molecule has 0 bridgehead atoms. The molecule has 0 radical (unpaired) electrons. The van der Waals surface area contributed by atoms with Crippen molar-refractivity contribution < 1.29 is 4.39 Å². The third kappa shape index (κ3) is 3.00. The van der Waals surface area contributed by atoms with Gasteiger partial charge in [-0.2, -0.15) is 0 Å². The van der Waals surface area contributed by atoms with Crippen molar-refractivity contribution in [3.63, 3.8) is 0 Å². The SMILES string of the molecule is CC(N)S(C)(C)Cc1cccc(F)c1. The normalized spacial score (nSPS) is 15.2. The van der Waals surface area contributed by atoms with Crippen LogP contribution in [-0.4, -0.2) is 17.9 Å². The summed E-state index contributed by atoms with van der Waals surface area (Å²) in [5.74, 6) is 0.727. The van der Waals surface area contributed by atoms with Crippen LogP contribution in [0.3, 0.4) is 0 Å². The lowest BCUT2D eigenvalue weighted by atomic mass is 10.2. The molecule has 3 heteroatoms. The van der Waals surface area contributed by atoms with Crippen LogP contribution in [0.5, 0.6) is 0 Å². The molecule has 0 spiro atoms. The van der Waals surface area contributed by atoms with Crippen LogP contribution in [0.2, 0.25) is 0 Å². The zero-order valence-electron chi connectivity index (χ0n) is 8.96. The smallest absolute Gasteiger partial charge is 0.123 e. The predicted octanol–water partition coefficient (Wildman–Crippen LogP) is 2.69. The zero-order chi connectivity index (χ0) is 10.8. The van der Waals surface area contributed by atoms with E-state index in [1.165, 1.54) is 6.07 Å². The average Bonchev–Trinajstić information content (AvgIpc) is 2.02. The number of nitrogens with two attached hydrogens (primary N) is 1. The highest BCUT2D eigenvalue weighted by atomic mass is 32.3. The maximum Gasteiger partial charge on any atom is 0.123 e. The van der Waals surface area contributed by atoms with E-state index in [-0.39, 0.29) is 11.2 Å². The van der Waals surface area contributed by atoms with E-state index < -0.39 is 10.0 Å². The molecule has 0 saturated heterocycles. The summed E-state index contributed by atoms with van der Waals surface area (Å²) >= 11 is 0. The Morgan fingerprint density at radius 1 is 1.43 bits per heavy atom. The van der Waals surface area contributed by atoms with Gasteiger partial charge in [0.15, 0.2) is 0 Å². The highest BCUT2D eigenvalue weighted by Crippen LogP contribution is 2.46. The van der Waals surface area contributed by atoms with Crippen molar-refractivity contribution in [1.29, 1.82) is 0 Å². The van der Waals surface area contributed by atoms with Gasteiger partial charge >= 0.3 is 0 Å². The molecule has 1 atom stereocenters. The number of benzene rings is 1. The Bertz CT molecular complexity index is 310. The maximum atomic E-state index is 12.9. The molecular weight excluding hydrogens is 197 g/mol. The molecule has 0 aliphatic carbocycles. The summed E-state index contributed by atoms with van der Waals surface area (Å²) in [6, 6.07) is 6.77. The molecule has 0 aliphatic rings. The van der Waals surface area contributed by atoms with Crippen molar-refractivity contribution in [3.05, 3.63) is 35.6 Å². The summed E-state index contributed by atoms with van der Waals surface area (Å²) < 4.78 is 12.9. The van der Waals surface area contributed by atoms with Crippen LogP contribution >= 0.6 is 10.0 Å². The predicted molar refractivity (Wildman–Crippen MR) is 63.2 cm³/mol. The first kappa shape index (κ1) is 11.5. The number of hydrogen-bond donors (Lipinski definition) is 1. The van der Waals surface area contributed by atoms with Gasteiger partial charge in [0, 0.05) is 11.1 Å². The molecular formula is C11H18FNS. The Labute approximate surface area is 86.8 Å². The van der Waals surface area contributed by atoms with Crippen LogP contribution in [0, 0.1) is 5.82 Å². The molecule has 14 heavy (non-hydrogen) atoms. The lowest BCUT2D eigenvalue weighted by Crippen LogP contribution is -2.23. The van der Waals surface area contributed by atoms with E-state index in [2.05, 4.69) is 12.5 Å². The van der Waals surface area contributed by atoms with Crippen LogP contribution in [0.15, 0.2) is 24.3 Å². The van der Waals surface area contributed by atoms with E-state index in [9.17, 15) is 4.39 Å². The molecule has 0 aliphatic heterocycles. The van der Waals surface area contributed by atoms with Crippen molar-refractivity contribution in [1.82, 2.24) is 0 Å². The first-order valence-corrected chi connectivity index (χ1v) is 7.30. The molecule has 0 fully saturated rings. The fourth-order valence-electron chi connectivity index (χ4n) is 1.19. The molecule has 2 N–H and O–H groups in total. The van der Waals surface area contributed by atoms with Gasteiger partial charge in [-0.25, -0.2) is 14.4 Å². The first-order valence-electron chi connectivity index (χ1n) is 4.62. The molecule has 1 unspecified atom stereocenters. The van der Waals surface area contributed by atoms with Crippen LogP contribution in [0.4, 0.5) is 4.39 Å². The minimum atomic E-state index is -0.857. The zero-order valence-corrected chi connectivity index (χ0v) is 9.77. The second kappa shape index (κ2) is 4.32. The average molecular weight is 215 g/mol. The summed E-state index contributed by atoms with van der Waals surface area (Å²) in [7, 11) is -0.857. The van der Waals surface area contributed by atoms with E-state index >= 15 is 0 Å². The molecule has 80 valence electrons. The molecule has 1 aromatic carbocycles. The van der Waals surface area contributed by atoms with Crippen LogP contribution in [0.1, 0.15) is 12.5 Å². The van der Waals surface area contributed by atoms with E-state index in [1.54, 1.807) is 12.1 Å². The molecule has 0 saturated carbocycles. The van der Waals surface area contributed by atoms with Gasteiger partial charge in [0.25, 0.3) is 0 Å². The Morgan fingerprint density at radius 3 is 2.57 bits per heavy atom. The minimum absolute atomic E-state index is 0.164. The standard InChI is InChI=1S/C11H18FNS/c1-9(13)14(2,3)8-10-5-4-6-11(12)7-10/h4-7,9H,8,13H2,1-3H3. The number of halogens is 1. The van der Waals surface area contributed by atoms with Gasteiger partial charge in [-0.1, -0.05) is 12.1 Å². The monoisotopic (exact) mass is 215 g/mol. The van der Waals surface area contributed by atoms with Crippen LogP contribution in [-0.2, 0) is 5.75 Å². The van der Waals surface area contributed by atoms with Crippen molar-refractivity contribution in [2.75, 3.05) is 12.5 Å². The topological polar surface area (TPSA) is 26.0 Å². The Balaban J connectivity index is 2.78. The second-order valence-corrected chi connectivity index (χ2v) is 8.38. The van der Waals surface area contributed by atoms with Crippen molar-refractivity contribution in [3.8, 4) is 0 Å². The van der Waals surface area contributed by atoms with E-state index in [1.807, 2.05) is 13.0 Å². The van der Waals surface area contributed by atoms with E-state index in [0.29, 0.717) is 0 Å². The lowest BCUT2D eigenvalue weighted by molar-refractivity contribution is 0.626. The van der Waals surface area contributed by atoms with Gasteiger partial charge in [0.1, 0.15) is 5.82 Å². The van der Waals surface area contributed by atoms with Crippen molar-refractivity contribution in [2.24, 2.45) is 5.73 Å². The van der Waals surface area contributed by atoms with Gasteiger partial charge in [-0.05, 0) is 37.1 Å². The lowest BCUT2D eigenvalue weighted by Gasteiger charge is -2.35. The summed E-state index contributed by atoms with van der Waals surface area (Å²) in [4.78, 5) is 0. The summed E-state index contributed by atoms with van der Waals surface area (Å²) in [5.41, 5.74) is 6.94. The van der Waals surface area contributed by atoms with Gasteiger partial charge in [0.2, 0.25) is 0 Å². The molecule has 1 nitrogen and oxygen atoms in total. The summed E-state index contributed by atoms with van der Waals surface area (Å²) in [5, 5.41) is 0.186. The molecule has 0 aromatic heterocycles. The summed E-state index contributed by atoms with van der Waals surface area (Å²) in [6.07, 6.45) is 4.37. The quantitative estimate of drug-likeness (QED) is 0.824. The third-order valence-electron chi connectivity index (χ3n) is 2.43. The Kier molecular flexibility index (Phi) is 3.56. The molecule has 0 heterocycles. The van der Waals surface area contributed by atoms with Gasteiger partial charge in [-0.15, -0.1) is 0 Å². The first-order chi connectivity index (χ1) is 6.42. The van der Waals surface area contributed by atoms with Crippen LogP contribution in [0.25, 0.3) is 0 Å². The van der Waals surface area contributed by atoms with Gasteiger partial charge < -0.3 is 5.73 Å². The number of rotatable bonds is 3. The second-order valence-electron chi connectivity index (χ2n) is 4.10. The van der Waals surface area contributed by atoms with Gasteiger partial charge in [-0.3, -0.25) is 0 Å². The number of hydrogen-bond acceptors (Lipinski definition) is 1. The minimum Gasteiger partial charge on any atom is -0.321 e. The van der Waals surface area contributed by atoms with Gasteiger partial charge in [0.05, 0.1) is 0 Å². The third-order valence-corrected chi connectivity index (χ3v) is 5.52. The molecule has 1 rings (SSSR count).